The van der Waals surface area contributed by atoms with Crippen LogP contribution in [0.1, 0.15) is 92.0 Å². The van der Waals surface area contributed by atoms with Crippen molar-refractivity contribution < 1.29 is 29.3 Å². The Labute approximate surface area is 307 Å². The molecule has 4 rings (SSSR count). The average Bonchev–Trinajstić information content (AvgIpc) is 3.79. The van der Waals surface area contributed by atoms with Crippen LogP contribution in [0.2, 0.25) is 0 Å². The highest BCUT2D eigenvalue weighted by atomic mass is 16.5. The van der Waals surface area contributed by atoms with Gasteiger partial charge in [0.1, 0.15) is 22.9 Å². The Bertz CT molecular complexity index is 1650. The molecule has 0 aliphatic heterocycles. The number of aliphatic hydroxyl groups is 2. The van der Waals surface area contributed by atoms with Gasteiger partial charge in [-0.2, -0.15) is 0 Å². The van der Waals surface area contributed by atoms with Gasteiger partial charge in [0.15, 0.2) is 0 Å². The monoisotopic (exact) mass is 716 g/mol. The van der Waals surface area contributed by atoms with Crippen LogP contribution in [0, 0.1) is 10.8 Å². The molecule has 0 fully saturated rings. The van der Waals surface area contributed by atoms with Crippen LogP contribution in [0.15, 0.2) is 60.9 Å². The topological polar surface area (TPSA) is 174 Å². The molecule has 2 amide bonds. The van der Waals surface area contributed by atoms with Crippen molar-refractivity contribution in [3.63, 3.8) is 0 Å². The van der Waals surface area contributed by atoms with E-state index in [1.165, 1.54) is 14.2 Å². The molecule has 2 aromatic heterocycles. The molecule has 0 aliphatic carbocycles. The molecule has 0 aliphatic rings. The second-order valence-electron chi connectivity index (χ2n) is 15.9. The number of methoxy groups -OCH3 is 2. The number of rotatable bonds is 15. The number of ether oxygens (including phenoxy) is 2. The van der Waals surface area contributed by atoms with Crippen LogP contribution in [-0.2, 0) is 19.1 Å². The van der Waals surface area contributed by atoms with Crippen molar-refractivity contribution in [2.75, 3.05) is 27.4 Å². The fraction of sp³-hybridized carbons (Fsp3) is 0.500. The van der Waals surface area contributed by atoms with Crippen molar-refractivity contribution in [1.29, 1.82) is 0 Å². The summed E-state index contributed by atoms with van der Waals surface area (Å²) in [7, 11) is 2.93. The van der Waals surface area contributed by atoms with Crippen LogP contribution in [0.25, 0.3) is 33.6 Å². The molecular formula is C40H56N6O6. The SMILES string of the molecule is COC(C)(CCO)C(=O)NC(c1ncc(-c2ccc(-c3ccc(-c4cnc([C@@H](NC(=O)[C@](C)(CCO)OC)C(C)(C)C)[nH]4)cc3)cc2)[nH]1)C(C)(C)C. The van der Waals surface area contributed by atoms with Gasteiger partial charge in [-0.3, -0.25) is 9.59 Å². The first kappa shape index (κ1) is 40.4. The number of benzene rings is 2. The van der Waals surface area contributed by atoms with E-state index in [0.717, 1.165) is 33.6 Å². The molecule has 6 N–H and O–H groups in total. The van der Waals surface area contributed by atoms with Crippen molar-refractivity contribution in [1.82, 2.24) is 30.6 Å². The average molecular weight is 717 g/mol. The highest BCUT2D eigenvalue weighted by molar-refractivity contribution is 5.85. The minimum absolute atomic E-state index is 0.169. The summed E-state index contributed by atoms with van der Waals surface area (Å²) in [6.07, 6.45) is 3.89. The molecule has 0 saturated carbocycles. The summed E-state index contributed by atoms with van der Waals surface area (Å²) >= 11 is 0. The molecule has 4 aromatic rings. The Balaban J connectivity index is 1.49. The summed E-state index contributed by atoms with van der Waals surface area (Å²) < 4.78 is 10.9. The number of nitrogens with one attached hydrogen (secondary N) is 4. The molecule has 0 spiro atoms. The number of aromatic amines is 2. The molecule has 0 bridgehead atoms. The first-order valence-corrected chi connectivity index (χ1v) is 17.6. The van der Waals surface area contributed by atoms with E-state index >= 15 is 0 Å². The lowest BCUT2D eigenvalue weighted by atomic mass is 9.85. The minimum atomic E-state index is -1.16. The van der Waals surface area contributed by atoms with Gasteiger partial charge in [0.2, 0.25) is 0 Å². The van der Waals surface area contributed by atoms with E-state index in [9.17, 15) is 19.8 Å². The van der Waals surface area contributed by atoms with Gasteiger partial charge in [0, 0.05) is 40.3 Å². The van der Waals surface area contributed by atoms with Gasteiger partial charge < -0.3 is 40.3 Å². The number of aromatic nitrogens is 4. The number of imidazole rings is 2. The number of hydrogen-bond donors (Lipinski definition) is 6. The maximum atomic E-state index is 13.2. The second-order valence-corrected chi connectivity index (χ2v) is 15.9. The molecular weight excluding hydrogens is 660 g/mol. The third-order valence-corrected chi connectivity index (χ3v) is 9.79. The van der Waals surface area contributed by atoms with Crippen molar-refractivity contribution >= 4 is 11.8 Å². The lowest BCUT2D eigenvalue weighted by Gasteiger charge is -2.34. The Morgan fingerprint density at radius 2 is 0.923 bits per heavy atom. The number of hydrogen-bond acceptors (Lipinski definition) is 8. The molecule has 2 unspecified atom stereocenters. The van der Waals surface area contributed by atoms with Crippen molar-refractivity contribution in [2.45, 2.75) is 91.5 Å². The fourth-order valence-corrected chi connectivity index (χ4v) is 5.95. The molecule has 52 heavy (non-hydrogen) atoms. The van der Waals surface area contributed by atoms with E-state index in [4.69, 9.17) is 9.47 Å². The maximum absolute atomic E-state index is 13.2. The lowest BCUT2D eigenvalue weighted by molar-refractivity contribution is -0.145. The Kier molecular flexibility index (Phi) is 12.5. The number of carbonyl (C=O) groups is 2. The Morgan fingerprint density at radius 3 is 1.19 bits per heavy atom. The van der Waals surface area contributed by atoms with E-state index < -0.39 is 23.3 Å². The van der Waals surface area contributed by atoms with E-state index in [1.54, 1.807) is 26.2 Å². The number of H-pyrrole nitrogens is 2. The Morgan fingerprint density at radius 1 is 0.615 bits per heavy atom. The number of nitrogens with zero attached hydrogens (tertiary/aromatic N) is 2. The summed E-state index contributed by atoms with van der Waals surface area (Å²) in [5.41, 5.74) is 2.60. The molecule has 4 atom stereocenters. The van der Waals surface area contributed by atoms with Gasteiger partial charge in [-0.25, -0.2) is 9.97 Å². The largest absolute Gasteiger partial charge is 0.396 e. The normalized spacial score (nSPS) is 15.7. The van der Waals surface area contributed by atoms with Crippen LogP contribution in [0.3, 0.4) is 0 Å². The summed E-state index contributed by atoms with van der Waals surface area (Å²) in [6.45, 7) is 15.2. The number of amides is 2. The van der Waals surface area contributed by atoms with Crippen molar-refractivity contribution in [3.05, 3.63) is 72.6 Å². The third-order valence-electron chi connectivity index (χ3n) is 9.79. The van der Waals surface area contributed by atoms with Crippen molar-refractivity contribution in [2.24, 2.45) is 10.8 Å². The summed E-state index contributed by atoms with van der Waals surface area (Å²) in [4.78, 5) is 42.5. The van der Waals surface area contributed by atoms with Gasteiger partial charge in [-0.05, 0) is 46.9 Å². The zero-order chi connectivity index (χ0) is 38.5. The number of aliphatic hydroxyl groups excluding tert-OH is 2. The zero-order valence-corrected chi connectivity index (χ0v) is 32.2. The molecule has 12 nitrogen and oxygen atoms in total. The van der Waals surface area contributed by atoms with Crippen LogP contribution in [0.4, 0.5) is 0 Å². The third kappa shape index (κ3) is 9.16. The summed E-state index contributed by atoms with van der Waals surface area (Å²) in [5.74, 6) is 0.638. The van der Waals surface area contributed by atoms with Crippen LogP contribution >= 0.6 is 0 Å². The quantitative estimate of drug-likeness (QED) is 0.0854. The van der Waals surface area contributed by atoms with Gasteiger partial charge in [-0.1, -0.05) is 90.1 Å². The lowest BCUT2D eigenvalue weighted by Crippen LogP contribution is -2.50. The van der Waals surface area contributed by atoms with E-state index in [1.807, 2.05) is 65.8 Å². The summed E-state index contributed by atoms with van der Waals surface area (Å²) in [6, 6.07) is 15.5. The molecule has 2 heterocycles. The van der Waals surface area contributed by atoms with Gasteiger partial charge >= 0.3 is 0 Å². The van der Waals surface area contributed by atoms with E-state index in [-0.39, 0.29) is 48.7 Å². The van der Waals surface area contributed by atoms with Gasteiger partial charge in [0.05, 0.1) is 35.9 Å². The van der Waals surface area contributed by atoms with Crippen LogP contribution < -0.4 is 10.6 Å². The predicted octanol–water partition coefficient (Wildman–Crippen LogP) is 6.12. The van der Waals surface area contributed by atoms with E-state index in [0.29, 0.717) is 11.6 Å². The van der Waals surface area contributed by atoms with E-state index in [2.05, 4.69) is 54.8 Å². The molecule has 0 radical (unpaired) electrons. The van der Waals surface area contributed by atoms with Gasteiger partial charge in [0.25, 0.3) is 11.8 Å². The Hall–Kier alpha value is -4.36. The predicted molar refractivity (Wildman–Crippen MR) is 202 cm³/mol. The molecule has 12 heteroatoms. The zero-order valence-electron chi connectivity index (χ0n) is 32.2. The minimum Gasteiger partial charge on any atom is -0.396 e. The molecule has 0 saturated heterocycles. The molecule has 282 valence electrons. The standard InChI is InChI=1S/C40H56N6O6/c1-37(2,3)31(45-35(49)39(7,51-9)19-21-47)33-41-23-29(43-33)27-15-11-25(12-16-27)26-13-17-28(18-14-26)30-24-42-34(44-30)32(38(4,5)6)46-36(50)40(8,52-10)20-22-48/h11-18,23-24,31-32,47-48H,19-22H2,1-10H3,(H,41,43)(H,42,44)(H,45,49)(H,46,50)/t31-,32?,39+,40?/m1/s1. The highest BCUT2D eigenvalue weighted by Crippen LogP contribution is 2.35. The first-order valence-electron chi connectivity index (χ1n) is 17.6. The fourth-order valence-electron chi connectivity index (χ4n) is 5.95. The van der Waals surface area contributed by atoms with Crippen LogP contribution in [-0.4, -0.2) is 80.6 Å². The molecule has 2 aromatic carbocycles. The maximum Gasteiger partial charge on any atom is 0.252 e. The smallest absolute Gasteiger partial charge is 0.252 e. The van der Waals surface area contributed by atoms with Crippen LogP contribution in [0.5, 0.6) is 0 Å². The van der Waals surface area contributed by atoms with Gasteiger partial charge in [-0.15, -0.1) is 0 Å². The first-order chi connectivity index (χ1) is 24.4. The van der Waals surface area contributed by atoms with Crippen molar-refractivity contribution in [3.8, 4) is 33.6 Å². The highest BCUT2D eigenvalue weighted by Gasteiger charge is 2.39. The summed E-state index contributed by atoms with van der Waals surface area (Å²) in [5, 5.41) is 25.1. The number of carbonyl (C=O) groups excluding carboxylic acids is 2. The second kappa shape index (κ2) is 16.1.